The number of nitrogens with zero attached hydrogens (tertiary/aromatic N) is 4. The van der Waals surface area contributed by atoms with Crippen LogP contribution in [-0.2, 0) is 19.2 Å². The van der Waals surface area contributed by atoms with Crippen molar-refractivity contribution in [3.05, 3.63) is 206 Å². The summed E-state index contributed by atoms with van der Waals surface area (Å²) in [6.45, 7) is 8.05. The lowest BCUT2D eigenvalue weighted by molar-refractivity contribution is -0.115. The Morgan fingerprint density at radius 1 is 0.415 bits per heavy atom. The molecule has 0 fully saturated rings. The number of benzene rings is 6. The van der Waals surface area contributed by atoms with E-state index >= 15 is 0 Å². The number of nitrogens with one attached hydrogen (secondary N) is 4. The third kappa shape index (κ3) is 21.8. The lowest BCUT2D eigenvalue weighted by Gasteiger charge is -2.10. The van der Waals surface area contributed by atoms with Crippen molar-refractivity contribution >= 4 is 103 Å². The Morgan fingerprint density at radius 2 is 0.744 bits per heavy atom. The maximum atomic E-state index is 12.0. The predicted molar refractivity (Wildman–Crippen MR) is 326 cm³/mol. The molecule has 0 bridgehead atoms. The molecule has 3 amide bonds. The fourth-order valence-corrected chi connectivity index (χ4v) is 7.33. The molecule has 0 saturated heterocycles. The van der Waals surface area contributed by atoms with Gasteiger partial charge in [0.25, 0.3) is 0 Å². The highest BCUT2D eigenvalue weighted by molar-refractivity contribution is 6.67. The minimum absolute atomic E-state index is 0.0527. The van der Waals surface area contributed by atoms with Gasteiger partial charge in [-0.25, -0.2) is 19.9 Å². The van der Waals surface area contributed by atoms with Gasteiger partial charge in [0.05, 0.1) is 37.2 Å². The first-order valence-electron chi connectivity index (χ1n) is 24.7. The van der Waals surface area contributed by atoms with Crippen LogP contribution >= 0.6 is 46.4 Å². The molecule has 22 heteroatoms. The number of rotatable bonds is 13. The standard InChI is InChI=1S/C18H17N3O2.2C12H11ClN2O2.C10H10N2O.C6H7N.C2H2Cl2O/c1-13-9-15(7-8-16(13)17-10-19-12-23-17)21-18(22)11-20-14-5-3-2-4-6-14;2*1-8-4-9(15-12(16)5-13)2-3-10(8)11-6-14-7-17-11;1-7-4-8(11)2-3-9(7)10-5-12-6-13-10;7-6-4-2-1-3-5-6;3-1-2(4)5/h2-10,12,20H,11H2,1H3,(H,21,22);2*2-4,6-7H,5H2,1H3,(H,15,16);2-6H,11H2,1H3;1-5H,7H2;1H2. The number of anilines is 6. The minimum atomic E-state index is -0.508. The van der Waals surface area contributed by atoms with Gasteiger partial charge in [-0.15, -0.1) is 34.8 Å². The van der Waals surface area contributed by atoms with Crippen LogP contribution in [0.3, 0.4) is 0 Å². The van der Waals surface area contributed by atoms with Crippen molar-refractivity contribution in [1.82, 2.24) is 19.9 Å². The highest BCUT2D eigenvalue weighted by Crippen LogP contribution is 2.29. The zero-order chi connectivity index (χ0) is 59.2. The molecule has 4 aromatic heterocycles. The van der Waals surface area contributed by atoms with E-state index in [4.69, 9.17) is 75.5 Å². The number of amides is 3. The molecule has 4 heterocycles. The van der Waals surface area contributed by atoms with Crippen molar-refractivity contribution in [3.63, 3.8) is 0 Å². The highest BCUT2D eigenvalue weighted by Gasteiger charge is 2.11. The first-order chi connectivity index (χ1) is 39.6. The molecule has 10 rings (SSSR count). The topological polar surface area (TPSA) is 273 Å². The zero-order valence-electron chi connectivity index (χ0n) is 44.9. The molecule has 0 atom stereocenters. The summed E-state index contributed by atoms with van der Waals surface area (Å²) in [6, 6.07) is 41.6. The molecule has 0 aliphatic heterocycles. The van der Waals surface area contributed by atoms with Crippen molar-refractivity contribution in [2.45, 2.75) is 27.7 Å². The largest absolute Gasteiger partial charge is 0.444 e. The maximum Gasteiger partial charge on any atom is 0.243 e. The van der Waals surface area contributed by atoms with Gasteiger partial charge >= 0.3 is 0 Å². The van der Waals surface area contributed by atoms with Crippen LogP contribution in [-0.4, -0.2) is 67.1 Å². The number of hydrogen-bond donors (Lipinski definition) is 6. The molecule has 0 saturated carbocycles. The number of nitrogens with two attached hydrogens (primary N) is 2. The molecule has 0 aliphatic carbocycles. The molecule has 18 nitrogen and oxygen atoms in total. The number of oxazole rings is 4. The normalized spacial score (nSPS) is 9.95. The Kier molecular flexibility index (Phi) is 26.4. The number of aromatic nitrogens is 4. The Morgan fingerprint density at radius 3 is 1.02 bits per heavy atom. The fraction of sp³-hybridized carbons (Fsp3) is 0.133. The molecule has 82 heavy (non-hydrogen) atoms. The molecule has 0 unspecified atom stereocenters. The monoisotopic (exact) mass is 1190 g/mol. The van der Waals surface area contributed by atoms with Crippen LogP contribution in [0.25, 0.3) is 45.3 Å². The molecular weight excluding hydrogens is 1130 g/mol. The van der Waals surface area contributed by atoms with Gasteiger partial charge in [0.15, 0.2) is 48.6 Å². The third-order valence-corrected chi connectivity index (χ3v) is 11.9. The lowest BCUT2D eigenvalue weighted by Crippen LogP contribution is -2.21. The van der Waals surface area contributed by atoms with Crippen LogP contribution < -0.4 is 32.7 Å². The van der Waals surface area contributed by atoms with E-state index < -0.39 is 5.24 Å². The second kappa shape index (κ2) is 34.1. The number of nitrogen functional groups attached to an aromatic ring is 2. The Balaban J connectivity index is 0.000000190. The minimum Gasteiger partial charge on any atom is -0.444 e. The summed E-state index contributed by atoms with van der Waals surface area (Å²) >= 11 is 20.4. The van der Waals surface area contributed by atoms with Gasteiger partial charge in [0, 0.05) is 56.4 Å². The summed E-state index contributed by atoms with van der Waals surface area (Å²) in [7, 11) is 0. The summed E-state index contributed by atoms with van der Waals surface area (Å²) in [4.78, 5) is 59.2. The average molecular weight is 1190 g/mol. The smallest absolute Gasteiger partial charge is 0.243 e. The maximum absolute atomic E-state index is 12.0. The van der Waals surface area contributed by atoms with Gasteiger partial charge in [-0.3, -0.25) is 19.2 Å². The second-order valence-electron chi connectivity index (χ2n) is 17.2. The fourth-order valence-electron chi connectivity index (χ4n) is 7.20. The van der Waals surface area contributed by atoms with Crippen molar-refractivity contribution in [1.29, 1.82) is 0 Å². The van der Waals surface area contributed by atoms with E-state index in [0.29, 0.717) is 17.3 Å². The number of para-hydroxylation sites is 2. The lowest BCUT2D eigenvalue weighted by atomic mass is 10.1. The highest BCUT2D eigenvalue weighted by atomic mass is 35.5. The van der Waals surface area contributed by atoms with E-state index in [9.17, 15) is 19.2 Å². The molecule has 424 valence electrons. The summed E-state index contributed by atoms with van der Waals surface area (Å²) in [5.41, 5.74) is 23.7. The van der Waals surface area contributed by atoms with E-state index in [1.54, 1.807) is 36.9 Å². The quantitative estimate of drug-likeness (QED) is 0.0356. The average Bonchev–Trinajstić information content (AvgIpc) is 4.38. The first kappa shape index (κ1) is 63.6. The number of halogens is 4. The number of hydrogen-bond acceptors (Lipinski definition) is 15. The molecule has 0 radical (unpaired) electrons. The van der Waals surface area contributed by atoms with Gasteiger partial charge in [-0.2, -0.15) is 0 Å². The Bertz CT molecular complexity index is 3420. The number of aryl methyl sites for hydroxylation is 4. The van der Waals surface area contributed by atoms with Gasteiger partial charge in [0.2, 0.25) is 23.0 Å². The molecule has 6 aromatic carbocycles. The van der Waals surface area contributed by atoms with Crippen molar-refractivity contribution in [2.24, 2.45) is 0 Å². The Labute approximate surface area is 493 Å². The summed E-state index contributed by atoms with van der Waals surface area (Å²) in [5.74, 6) is 2.16. The summed E-state index contributed by atoms with van der Waals surface area (Å²) in [6.07, 6.45) is 12.3. The molecule has 0 spiro atoms. The number of alkyl halides is 3. The second-order valence-corrected chi connectivity index (χ2v) is 18.4. The molecule has 8 N–H and O–H groups in total. The molecule has 10 aromatic rings. The summed E-state index contributed by atoms with van der Waals surface area (Å²) in [5, 5.41) is 10.8. The zero-order valence-corrected chi connectivity index (χ0v) is 47.9. The van der Waals surface area contributed by atoms with Crippen molar-refractivity contribution in [2.75, 3.05) is 56.9 Å². The van der Waals surface area contributed by atoms with Gasteiger partial charge in [0.1, 0.15) is 11.8 Å². The summed E-state index contributed by atoms with van der Waals surface area (Å²) < 4.78 is 20.9. The van der Waals surface area contributed by atoms with Crippen molar-refractivity contribution in [3.8, 4) is 45.3 Å². The van der Waals surface area contributed by atoms with Gasteiger partial charge in [-0.05, 0) is 159 Å². The van der Waals surface area contributed by atoms with Crippen LogP contribution in [0.1, 0.15) is 22.3 Å². The van der Waals surface area contributed by atoms with Crippen LogP contribution in [0.5, 0.6) is 0 Å². The van der Waals surface area contributed by atoms with E-state index in [2.05, 4.69) is 41.2 Å². The van der Waals surface area contributed by atoms with Crippen LogP contribution in [0.15, 0.2) is 201 Å². The molecular formula is C60H58Cl4N10O8. The van der Waals surface area contributed by atoms with E-state index in [-0.39, 0.29) is 41.9 Å². The van der Waals surface area contributed by atoms with Crippen LogP contribution in [0, 0.1) is 27.7 Å². The molecule has 0 aliphatic rings. The van der Waals surface area contributed by atoms with Gasteiger partial charge < -0.3 is 50.4 Å². The van der Waals surface area contributed by atoms with Crippen molar-refractivity contribution < 1.29 is 36.8 Å². The van der Waals surface area contributed by atoms with E-state index in [1.165, 1.54) is 25.6 Å². The first-order valence-corrected chi connectivity index (χ1v) is 26.6. The number of carbonyl (C=O) groups excluding carboxylic acids is 4. The number of carbonyl (C=O) groups is 4. The van der Waals surface area contributed by atoms with E-state index in [0.717, 1.165) is 84.4 Å². The van der Waals surface area contributed by atoms with E-state index in [1.807, 2.05) is 149 Å². The predicted octanol–water partition coefficient (Wildman–Crippen LogP) is 13.8. The van der Waals surface area contributed by atoms with Crippen LogP contribution in [0.2, 0.25) is 0 Å². The van der Waals surface area contributed by atoms with Gasteiger partial charge in [-0.1, -0.05) is 36.4 Å². The Hall–Kier alpha value is -9.20. The third-order valence-electron chi connectivity index (χ3n) is 10.9. The SMILES string of the molecule is Cc1cc(N)ccc1-c1cnco1.Cc1cc(NC(=O)CCl)ccc1-c1cnco1.Cc1cc(NC(=O)CCl)ccc1-c1cnco1.Cc1cc(NC(=O)CNc2ccccc2)ccc1-c1cnco1.Nc1ccccc1.O=C(Cl)CCl. The van der Waals surface area contributed by atoms with Crippen LogP contribution in [0.4, 0.5) is 34.1 Å².